The first-order valence-corrected chi connectivity index (χ1v) is 7.02. The molecule has 1 aromatic carbocycles. The summed E-state index contributed by atoms with van der Waals surface area (Å²) in [5, 5.41) is 0. The van der Waals surface area contributed by atoms with Gasteiger partial charge in [-0.25, -0.2) is 16.8 Å². The van der Waals surface area contributed by atoms with Gasteiger partial charge in [0.25, 0.3) is 0 Å². The molecule has 0 heterocycles. The third-order valence-corrected chi connectivity index (χ3v) is 2.86. The first-order valence-electron chi connectivity index (χ1n) is 3.72. The summed E-state index contributed by atoms with van der Waals surface area (Å²) in [6, 6.07) is 4.67. The summed E-state index contributed by atoms with van der Waals surface area (Å²) in [6.45, 7) is 0. The van der Waals surface area contributed by atoms with E-state index in [1.165, 1.54) is 12.1 Å². The van der Waals surface area contributed by atoms with E-state index in [9.17, 15) is 21.4 Å². The Morgan fingerprint density at radius 1 is 1.19 bits per heavy atom. The molecule has 1 aromatic rings. The minimum atomic E-state index is -4.57. The van der Waals surface area contributed by atoms with Gasteiger partial charge in [0.2, 0.25) is 10.0 Å². The Morgan fingerprint density at radius 3 is 2.19 bits per heavy atom. The predicted molar refractivity (Wildman–Crippen MR) is 52.9 cm³/mol. The Hall–Kier alpha value is -0.120. The summed E-state index contributed by atoms with van der Waals surface area (Å²) < 4.78 is 55.6. The van der Waals surface area contributed by atoms with Gasteiger partial charge in [0.05, 0.1) is 11.2 Å². The van der Waals surface area contributed by atoms with Crippen molar-refractivity contribution >= 4 is 25.8 Å². The topological polar surface area (TPSA) is 103 Å². The monoisotopic (exact) mass is 273 g/mol. The van der Waals surface area contributed by atoms with E-state index in [0.717, 1.165) is 18.4 Å². The number of anilines is 1. The smallest absolute Gasteiger partial charge is 0.744 e. The zero-order valence-corrected chi connectivity index (χ0v) is 12.3. The summed E-state index contributed by atoms with van der Waals surface area (Å²) in [5.41, 5.74) is 0.0365. The molecule has 6 nitrogen and oxygen atoms in total. The standard InChI is InChI=1S/C7H9NO5S2.Na/c1-14(9,10)8-6-3-2-4-7(5-6)15(11,12)13;/h2-5,8H,1H3,(H,11,12,13);/q;+1/p-1. The van der Waals surface area contributed by atoms with Crippen LogP contribution >= 0.6 is 0 Å². The molecule has 0 aliphatic heterocycles. The largest absolute Gasteiger partial charge is 1.00 e. The van der Waals surface area contributed by atoms with Crippen molar-refractivity contribution in [3.05, 3.63) is 24.3 Å². The van der Waals surface area contributed by atoms with E-state index in [1.54, 1.807) is 0 Å². The van der Waals surface area contributed by atoms with Gasteiger partial charge in [0.1, 0.15) is 10.1 Å². The van der Waals surface area contributed by atoms with Crippen molar-refractivity contribution in [1.82, 2.24) is 0 Å². The average molecular weight is 273 g/mol. The molecule has 0 saturated heterocycles. The Kier molecular flexibility index (Phi) is 5.44. The molecule has 0 amide bonds. The molecule has 0 aliphatic carbocycles. The van der Waals surface area contributed by atoms with Gasteiger partial charge in [0.15, 0.2) is 0 Å². The van der Waals surface area contributed by atoms with Gasteiger partial charge in [-0.15, -0.1) is 0 Å². The van der Waals surface area contributed by atoms with E-state index in [2.05, 4.69) is 4.72 Å². The molecule has 1 N–H and O–H groups in total. The predicted octanol–water partition coefficient (Wildman–Crippen LogP) is -3.03. The van der Waals surface area contributed by atoms with Crippen molar-refractivity contribution in [3.63, 3.8) is 0 Å². The molecule has 0 bridgehead atoms. The van der Waals surface area contributed by atoms with Gasteiger partial charge in [-0.05, 0) is 18.2 Å². The van der Waals surface area contributed by atoms with Gasteiger partial charge < -0.3 is 4.55 Å². The number of hydrogen-bond donors (Lipinski definition) is 1. The van der Waals surface area contributed by atoms with Crippen LogP contribution < -0.4 is 34.3 Å². The van der Waals surface area contributed by atoms with Gasteiger partial charge in [0, 0.05) is 5.69 Å². The van der Waals surface area contributed by atoms with Gasteiger partial charge in [-0.3, -0.25) is 4.72 Å². The summed E-state index contributed by atoms with van der Waals surface area (Å²) in [6.07, 6.45) is 0.922. The van der Waals surface area contributed by atoms with Crippen LogP contribution in [0.4, 0.5) is 5.69 Å². The van der Waals surface area contributed by atoms with Crippen LogP contribution in [0.25, 0.3) is 0 Å². The third kappa shape index (κ3) is 5.28. The SMILES string of the molecule is CS(=O)(=O)Nc1cccc(S(=O)(=O)[O-])c1.[Na+]. The van der Waals surface area contributed by atoms with Crippen LogP contribution in [-0.4, -0.2) is 27.6 Å². The summed E-state index contributed by atoms with van der Waals surface area (Å²) >= 11 is 0. The van der Waals surface area contributed by atoms with Crippen molar-refractivity contribution in [2.24, 2.45) is 0 Å². The fourth-order valence-electron chi connectivity index (χ4n) is 0.929. The van der Waals surface area contributed by atoms with Crippen molar-refractivity contribution in [2.75, 3.05) is 11.0 Å². The Labute approximate surface area is 116 Å². The third-order valence-electron chi connectivity index (χ3n) is 1.43. The summed E-state index contributed by atoms with van der Waals surface area (Å²) in [5.74, 6) is 0. The molecule has 0 fully saturated rings. The maximum absolute atomic E-state index is 10.8. The summed E-state index contributed by atoms with van der Waals surface area (Å²) in [7, 11) is -8.05. The van der Waals surface area contributed by atoms with Crippen LogP contribution in [0.1, 0.15) is 0 Å². The maximum Gasteiger partial charge on any atom is 1.00 e. The zero-order valence-electron chi connectivity index (χ0n) is 8.67. The molecule has 0 atom stereocenters. The first-order chi connectivity index (χ1) is 6.68. The van der Waals surface area contributed by atoms with E-state index < -0.39 is 25.0 Å². The zero-order chi connectivity index (χ0) is 11.7. The molecule has 1 rings (SSSR count). The molecule has 0 saturated carbocycles. The van der Waals surface area contributed by atoms with Crippen molar-refractivity contribution in [1.29, 1.82) is 0 Å². The van der Waals surface area contributed by atoms with Crippen molar-refractivity contribution in [3.8, 4) is 0 Å². The van der Waals surface area contributed by atoms with Gasteiger partial charge >= 0.3 is 29.6 Å². The van der Waals surface area contributed by atoms with E-state index in [-0.39, 0.29) is 35.2 Å². The normalized spacial score (nSPS) is 11.6. The second kappa shape index (κ2) is 5.48. The van der Waals surface area contributed by atoms with Crippen molar-refractivity contribution in [2.45, 2.75) is 4.90 Å². The molecule has 84 valence electrons. The van der Waals surface area contributed by atoms with Crippen LogP contribution in [0.5, 0.6) is 0 Å². The first kappa shape index (κ1) is 15.9. The van der Waals surface area contributed by atoms with E-state index >= 15 is 0 Å². The van der Waals surface area contributed by atoms with Crippen LogP contribution in [-0.2, 0) is 20.1 Å². The van der Waals surface area contributed by atoms with Crippen LogP contribution in [0.3, 0.4) is 0 Å². The van der Waals surface area contributed by atoms with Crippen LogP contribution in [0, 0.1) is 0 Å². The van der Waals surface area contributed by atoms with Crippen molar-refractivity contribution < 1.29 is 50.9 Å². The van der Waals surface area contributed by atoms with E-state index in [4.69, 9.17) is 0 Å². The molecule has 16 heavy (non-hydrogen) atoms. The van der Waals surface area contributed by atoms with Gasteiger partial charge in [-0.1, -0.05) is 6.07 Å². The van der Waals surface area contributed by atoms with Gasteiger partial charge in [-0.2, -0.15) is 0 Å². The minimum absolute atomic E-state index is 0. The molecule has 0 radical (unpaired) electrons. The second-order valence-corrected chi connectivity index (χ2v) is 5.98. The quantitative estimate of drug-likeness (QED) is 0.466. The maximum atomic E-state index is 10.8. The number of hydrogen-bond acceptors (Lipinski definition) is 5. The van der Waals surface area contributed by atoms with E-state index in [1.807, 2.05) is 0 Å². The molecule has 9 heteroatoms. The Morgan fingerprint density at radius 2 is 1.75 bits per heavy atom. The number of sulfonamides is 1. The minimum Gasteiger partial charge on any atom is -0.744 e. The fraction of sp³-hybridized carbons (Fsp3) is 0.143. The Bertz CT molecular complexity index is 566. The second-order valence-electron chi connectivity index (χ2n) is 2.86. The number of nitrogens with one attached hydrogen (secondary N) is 1. The molecule has 0 unspecified atom stereocenters. The van der Waals surface area contributed by atoms with Crippen LogP contribution in [0.2, 0.25) is 0 Å². The molecular formula is C7H8NNaO5S2. The molecule has 0 aliphatic rings. The molecule has 0 spiro atoms. The van der Waals surface area contributed by atoms with Crippen LogP contribution in [0.15, 0.2) is 29.2 Å². The fourth-order valence-corrected chi connectivity index (χ4v) is 2.00. The molecule has 0 aromatic heterocycles. The Balaban J connectivity index is 0.00000225. The summed E-state index contributed by atoms with van der Waals surface area (Å²) in [4.78, 5) is -0.476. The van der Waals surface area contributed by atoms with E-state index in [0.29, 0.717) is 0 Å². The average Bonchev–Trinajstić information content (AvgIpc) is 1.99. The molecular weight excluding hydrogens is 265 g/mol. The number of rotatable bonds is 3. The number of benzene rings is 1.